The minimum Gasteiger partial charge on any atom is -0.467 e. The molecule has 0 aromatic heterocycles. The van der Waals surface area contributed by atoms with Crippen LogP contribution in [0.5, 0.6) is 0 Å². The average molecular weight is 751 g/mol. The molecular formula is C43H50N4O8. The van der Waals surface area contributed by atoms with Crippen molar-refractivity contribution in [2.75, 3.05) is 14.2 Å². The van der Waals surface area contributed by atoms with Crippen molar-refractivity contribution in [1.29, 1.82) is 0 Å². The average Bonchev–Trinajstić information content (AvgIpc) is 3.52. The molecule has 55 heavy (non-hydrogen) atoms. The van der Waals surface area contributed by atoms with Crippen LogP contribution in [0.1, 0.15) is 36.1 Å². The molecular weight excluding hydrogens is 700 g/mol. The lowest BCUT2D eigenvalue weighted by Crippen LogP contribution is -2.63. The van der Waals surface area contributed by atoms with Crippen LogP contribution >= 0.6 is 0 Å². The number of amides is 2. The lowest BCUT2D eigenvalue weighted by Gasteiger charge is -2.32. The van der Waals surface area contributed by atoms with Crippen LogP contribution in [0.3, 0.4) is 0 Å². The summed E-state index contributed by atoms with van der Waals surface area (Å²) in [7, 11) is 2.54. The molecule has 1 aliphatic rings. The van der Waals surface area contributed by atoms with E-state index in [0.29, 0.717) is 0 Å². The number of ether oxygens (including phenoxy) is 4. The maximum atomic E-state index is 14.5. The number of nitrogens with one attached hydrogen (secondary N) is 4. The van der Waals surface area contributed by atoms with E-state index in [1.54, 1.807) is 13.8 Å². The molecule has 1 unspecified atom stereocenters. The third kappa shape index (κ3) is 11.8. The van der Waals surface area contributed by atoms with Crippen LogP contribution < -0.4 is 21.3 Å². The van der Waals surface area contributed by atoms with Gasteiger partial charge < -0.3 is 29.6 Å². The van der Waals surface area contributed by atoms with Crippen molar-refractivity contribution in [3.63, 3.8) is 0 Å². The van der Waals surface area contributed by atoms with E-state index >= 15 is 0 Å². The summed E-state index contributed by atoms with van der Waals surface area (Å²) in [6.07, 6.45) is -1.78. The minimum atomic E-state index is -1.24. The summed E-state index contributed by atoms with van der Waals surface area (Å²) < 4.78 is 23.2. The Morgan fingerprint density at radius 2 is 0.855 bits per heavy atom. The molecule has 1 heterocycles. The maximum Gasteiger partial charge on any atom is 0.328 e. The number of carbonyl (C=O) groups is 4. The molecule has 12 heteroatoms. The Kier molecular flexibility index (Phi) is 14.7. The number of hydrogen-bond donors (Lipinski definition) is 4. The van der Waals surface area contributed by atoms with E-state index in [2.05, 4.69) is 21.3 Å². The van der Waals surface area contributed by atoms with Crippen LogP contribution in [-0.2, 0) is 64.1 Å². The van der Waals surface area contributed by atoms with Crippen LogP contribution in [-0.4, -0.2) is 80.1 Å². The lowest BCUT2D eigenvalue weighted by atomic mass is 9.95. The summed E-state index contributed by atoms with van der Waals surface area (Å²) >= 11 is 0. The van der Waals surface area contributed by atoms with Crippen LogP contribution in [0.15, 0.2) is 121 Å². The second-order valence-corrected chi connectivity index (χ2v) is 13.8. The Labute approximate surface area is 322 Å². The molecule has 1 fully saturated rings. The first-order valence-electron chi connectivity index (χ1n) is 18.3. The first kappa shape index (κ1) is 40.8. The van der Waals surface area contributed by atoms with Gasteiger partial charge in [0.15, 0.2) is 5.79 Å². The molecule has 4 aromatic rings. The quantitative estimate of drug-likeness (QED) is 0.111. The zero-order valence-electron chi connectivity index (χ0n) is 31.6. The fraction of sp³-hybridized carbons (Fsp3) is 0.349. The van der Waals surface area contributed by atoms with Crippen molar-refractivity contribution in [3.8, 4) is 0 Å². The molecule has 0 bridgehead atoms. The monoisotopic (exact) mass is 750 g/mol. The van der Waals surface area contributed by atoms with Crippen LogP contribution in [0.2, 0.25) is 0 Å². The van der Waals surface area contributed by atoms with E-state index in [1.807, 2.05) is 121 Å². The van der Waals surface area contributed by atoms with Crippen LogP contribution in [0.25, 0.3) is 0 Å². The molecule has 4 N–H and O–H groups in total. The summed E-state index contributed by atoms with van der Waals surface area (Å²) in [5.41, 5.74) is 3.43. The number of carbonyl (C=O) groups excluding carboxylic acids is 4. The lowest BCUT2D eigenvalue weighted by molar-refractivity contribution is -0.156. The van der Waals surface area contributed by atoms with E-state index in [9.17, 15) is 19.2 Å². The predicted molar refractivity (Wildman–Crippen MR) is 206 cm³/mol. The third-order valence-electron chi connectivity index (χ3n) is 9.29. The molecule has 6 atom stereocenters. The second-order valence-electron chi connectivity index (χ2n) is 13.8. The fourth-order valence-corrected chi connectivity index (χ4v) is 6.59. The van der Waals surface area contributed by atoms with Crippen molar-refractivity contribution in [3.05, 3.63) is 144 Å². The van der Waals surface area contributed by atoms with Gasteiger partial charge in [0.25, 0.3) is 0 Å². The molecule has 1 saturated heterocycles. The second kappa shape index (κ2) is 19.8. The predicted octanol–water partition coefficient (Wildman–Crippen LogP) is 3.62. The van der Waals surface area contributed by atoms with Gasteiger partial charge in [-0.1, -0.05) is 121 Å². The number of methoxy groups -OCH3 is 2. The fourth-order valence-electron chi connectivity index (χ4n) is 6.59. The Hall–Kier alpha value is -5.40. The Morgan fingerprint density at radius 1 is 0.545 bits per heavy atom. The highest BCUT2D eigenvalue weighted by molar-refractivity contribution is 5.90. The van der Waals surface area contributed by atoms with Crippen molar-refractivity contribution < 1.29 is 38.1 Å². The molecule has 4 aromatic carbocycles. The highest BCUT2D eigenvalue weighted by atomic mass is 16.8. The topological polar surface area (TPSA) is 153 Å². The van der Waals surface area contributed by atoms with Gasteiger partial charge in [0.1, 0.15) is 36.4 Å². The number of hydrogen-bond acceptors (Lipinski definition) is 10. The first-order valence-corrected chi connectivity index (χ1v) is 18.3. The third-order valence-corrected chi connectivity index (χ3v) is 9.29. The molecule has 0 aliphatic carbocycles. The van der Waals surface area contributed by atoms with Gasteiger partial charge >= 0.3 is 11.9 Å². The normalized spacial score (nSPS) is 18.3. The van der Waals surface area contributed by atoms with Crippen molar-refractivity contribution in [2.45, 2.75) is 81.9 Å². The molecule has 0 saturated carbocycles. The number of benzene rings is 4. The number of rotatable bonds is 18. The zero-order valence-corrected chi connectivity index (χ0v) is 31.6. The Bertz CT molecular complexity index is 1700. The van der Waals surface area contributed by atoms with Crippen molar-refractivity contribution in [1.82, 2.24) is 21.3 Å². The summed E-state index contributed by atoms with van der Waals surface area (Å²) in [4.78, 5) is 55.1. The van der Waals surface area contributed by atoms with Gasteiger partial charge in [-0.25, -0.2) is 9.59 Å². The maximum absolute atomic E-state index is 14.5. The molecule has 5 rings (SSSR count). The van der Waals surface area contributed by atoms with Gasteiger partial charge in [-0.15, -0.1) is 0 Å². The van der Waals surface area contributed by atoms with E-state index in [0.717, 1.165) is 22.3 Å². The van der Waals surface area contributed by atoms with Crippen molar-refractivity contribution in [2.24, 2.45) is 0 Å². The molecule has 0 radical (unpaired) electrons. The molecule has 0 spiro atoms. The molecule has 290 valence electrons. The zero-order chi connectivity index (χ0) is 39.2. The summed E-state index contributed by atoms with van der Waals surface area (Å²) in [6.45, 7) is 3.92. The largest absolute Gasteiger partial charge is 0.467 e. The van der Waals surface area contributed by atoms with Crippen LogP contribution in [0, 0.1) is 0 Å². The Morgan fingerprint density at radius 3 is 1.16 bits per heavy atom. The summed E-state index contributed by atoms with van der Waals surface area (Å²) in [5.74, 6) is -3.59. The van der Waals surface area contributed by atoms with Gasteiger partial charge in [-0.05, 0) is 36.1 Å². The number of esters is 2. The Balaban J connectivity index is 1.49. The van der Waals surface area contributed by atoms with E-state index in [1.165, 1.54) is 14.2 Å². The van der Waals surface area contributed by atoms with Crippen molar-refractivity contribution >= 4 is 23.8 Å². The highest BCUT2D eigenvalue weighted by Gasteiger charge is 2.52. The molecule has 1 aliphatic heterocycles. The van der Waals surface area contributed by atoms with Gasteiger partial charge in [0.05, 0.1) is 14.2 Å². The standard InChI is InChI=1S/C43H50N4O8/c1-43(2)54-37(35(44-27-31-21-13-7-14-22-31)39(48)46-33(41(50)52-3)25-29-17-9-5-10-18-29)38(55-43)36(45-28-32-23-15-8-16-24-32)40(49)47-34(42(51)53-4)26-30-19-11-6-12-20-30/h5-24,33-38,44-45H,25-28H2,1-4H3,(H,46,48)(H,47,49)/t33-,34-,35-,36-,37-,38?/m0/s1. The minimum absolute atomic E-state index is 0.182. The highest BCUT2D eigenvalue weighted by Crippen LogP contribution is 2.33. The van der Waals surface area contributed by atoms with Gasteiger partial charge in [-0.3, -0.25) is 20.2 Å². The summed E-state index contributed by atoms with van der Waals surface area (Å²) in [6, 6.07) is 33.3. The van der Waals surface area contributed by atoms with Crippen LogP contribution in [0.4, 0.5) is 0 Å². The summed E-state index contributed by atoms with van der Waals surface area (Å²) in [5, 5.41) is 12.5. The SMILES string of the molecule is COC(=O)[C@H](Cc1ccccc1)NC(=O)[C@@H](NCc1ccccc1)C1OC(C)(C)O[C@H]1[C@H](NCc1ccccc1)C(=O)N[C@@H](Cc1ccccc1)C(=O)OC. The van der Waals surface area contributed by atoms with Gasteiger partial charge in [0.2, 0.25) is 11.8 Å². The first-order chi connectivity index (χ1) is 26.6. The molecule has 12 nitrogen and oxygen atoms in total. The van der Waals surface area contributed by atoms with E-state index < -0.39 is 65.9 Å². The van der Waals surface area contributed by atoms with Gasteiger partial charge in [-0.2, -0.15) is 0 Å². The smallest absolute Gasteiger partial charge is 0.328 e. The van der Waals surface area contributed by atoms with E-state index in [4.69, 9.17) is 18.9 Å². The van der Waals surface area contributed by atoms with E-state index in [-0.39, 0.29) is 25.9 Å². The molecule has 2 amide bonds. The van der Waals surface area contributed by atoms with Gasteiger partial charge in [0, 0.05) is 25.9 Å².